The molecule has 0 aromatic carbocycles. The van der Waals surface area contributed by atoms with Crippen molar-refractivity contribution in [2.75, 3.05) is 19.7 Å². The minimum Gasteiger partial charge on any atom is -0.466 e. The van der Waals surface area contributed by atoms with Gasteiger partial charge in [0.15, 0.2) is 0 Å². The summed E-state index contributed by atoms with van der Waals surface area (Å²) >= 11 is 0. The van der Waals surface area contributed by atoms with E-state index in [1.807, 2.05) is 23.9 Å². The molecule has 5 nitrogen and oxygen atoms in total. The Kier molecular flexibility index (Phi) is 5.80. The number of carbonyl (C=O) groups excluding carboxylic acids is 1. The second-order valence-corrected chi connectivity index (χ2v) is 5.00. The lowest BCUT2D eigenvalue weighted by atomic mass is 10.1. The number of carbonyl (C=O) groups is 1. The van der Waals surface area contributed by atoms with Gasteiger partial charge in [-0.25, -0.2) is 0 Å². The summed E-state index contributed by atoms with van der Waals surface area (Å²) in [5, 5.41) is 7.87. The van der Waals surface area contributed by atoms with E-state index in [2.05, 4.69) is 16.5 Å². The maximum absolute atomic E-state index is 11.2. The maximum Gasteiger partial charge on any atom is 0.305 e. The Balaban J connectivity index is 1.78. The van der Waals surface area contributed by atoms with Crippen molar-refractivity contribution in [1.29, 1.82) is 0 Å². The van der Waals surface area contributed by atoms with Gasteiger partial charge in [0.05, 0.1) is 12.3 Å². The molecule has 1 fully saturated rings. The summed E-state index contributed by atoms with van der Waals surface area (Å²) in [5.41, 5.74) is 2.41. The Bertz CT molecular complexity index is 457. The van der Waals surface area contributed by atoms with Crippen LogP contribution >= 0.6 is 0 Å². The van der Waals surface area contributed by atoms with Crippen LogP contribution in [0.25, 0.3) is 6.08 Å². The van der Waals surface area contributed by atoms with Crippen LogP contribution in [0.1, 0.15) is 38.3 Å². The number of hydrogen-bond acceptors (Lipinski definition) is 4. The third-order valence-electron chi connectivity index (χ3n) is 3.29. The quantitative estimate of drug-likeness (QED) is 0.808. The van der Waals surface area contributed by atoms with Crippen LogP contribution in [0.2, 0.25) is 0 Å². The fourth-order valence-corrected chi connectivity index (χ4v) is 2.31. The van der Waals surface area contributed by atoms with Gasteiger partial charge in [0.25, 0.3) is 0 Å². The van der Waals surface area contributed by atoms with E-state index in [0.29, 0.717) is 13.0 Å². The molecule has 0 bridgehead atoms. The highest BCUT2D eigenvalue weighted by Crippen LogP contribution is 2.12. The van der Waals surface area contributed by atoms with Crippen LogP contribution < -0.4 is 5.32 Å². The smallest absolute Gasteiger partial charge is 0.305 e. The molecule has 5 heteroatoms. The van der Waals surface area contributed by atoms with Crippen LogP contribution in [0.3, 0.4) is 0 Å². The summed E-state index contributed by atoms with van der Waals surface area (Å²) in [6.07, 6.45) is 7.70. The molecule has 0 atom stereocenters. The van der Waals surface area contributed by atoms with Crippen LogP contribution in [0.4, 0.5) is 0 Å². The Morgan fingerprint density at radius 2 is 2.50 bits per heavy atom. The highest BCUT2D eigenvalue weighted by molar-refractivity contribution is 5.69. The zero-order valence-electron chi connectivity index (χ0n) is 12.1. The molecule has 0 aliphatic carbocycles. The van der Waals surface area contributed by atoms with Crippen molar-refractivity contribution in [3.8, 4) is 0 Å². The lowest BCUT2D eigenvalue weighted by Gasteiger charge is -2.14. The molecule has 20 heavy (non-hydrogen) atoms. The number of nitrogens with zero attached hydrogens (tertiary/aromatic N) is 2. The Labute approximate surface area is 120 Å². The predicted octanol–water partition coefficient (Wildman–Crippen LogP) is 1.99. The number of nitrogens with one attached hydrogen (secondary N) is 1. The molecule has 1 aromatic rings. The molecule has 1 aromatic heterocycles. The predicted molar refractivity (Wildman–Crippen MR) is 78.2 cm³/mol. The van der Waals surface area contributed by atoms with E-state index in [-0.39, 0.29) is 5.97 Å². The highest BCUT2D eigenvalue weighted by atomic mass is 16.5. The molecule has 1 saturated heterocycles. The van der Waals surface area contributed by atoms with Gasteiger partial charge in [-0.2, -0.15) is 5.10 Å². The number of aromatic nitrogens is 2. The molecule has 1 N–H and O–H groups in total. The van der Waals surface area contributed by atoms with Gasteiger partial charge in [-0.1, -0.05) is 5.57 Å². The summed E-state index contributed by atoms with van der Waals surface area (Å²) in [6, 6.07) is 2.02. The number of ether oxygens (including phenoxy) is 1. The highest BCUT2D eigenvalue weighted by Gasteiger charge is 2.06. The lowest BCUT2D eigenvalue weighted by molar-refractivity contribution is -0.143. The minimum absolute atomic E-state index is 0.129. The monoisotopic (exact) mass is 277 g/mol. The van der Waals surface area contributed by atoms with E-state index in [4.69, 9.17) is 4.74 Å². The van der Waals surface area contributed by atoms with Crippen LogP contribution in [-0.2, 0) is 16.1 Å². The molecule has 2 rings (SSSR count). The van der Waals surface area contributed by atoms with E-state index in [9.17, 15) is 4.79 Å². The first-order valence-corrected chi connectivity index (χ1v) is 7.37. The maximum atomic E-state index is 11.2. The van der Waals surface area contributed by atoms with Gasteiger partial charge in [-0.15, -0.1) is 0 Å². The topological polar surface area (TPSA) is 56.1 Å². The molecule has 0 saturated carbocycles. The van der Waals surface area contributed by atoms with Crippen molar-refractivity contribution < 1.29 is 9.53 Å². The first kappa shape index (κ1) is 14.8. The lowest BCUT2D eigenvalue weighted by Crippen LogP contribution is -2.23. The van der Waals surface area contributed by atoms with Crippen LogP contribution in [0.15, 0.2) is 17.8 Å². The van der Waals surface area contributed by atoms with Gasteiger partial charge in [-0.3, -0.25) is 9.48 Å². The average molecular weight is 277 g/mol. The number of hydrogen-bond donors (Lipinski definition) is 1. The van der Waals surface area contributed by atoms with Gasteiger partial charge < -0.3 is 10.1 Å². The van der Waals surface area contributed by atoms with E-state index < -0.39 is 0 Å². The van der Waals surface area contributed by atoms with E-state index in [1.54, 1.807) is 0 Å². The Morgan fingerprint density at radius 1 is 1.60 bits per heavy atom. The molecule has 0 spiro atoms. The zero-order chi connectivity index (χ0) is 14.2. The van der Waals surface area contributed by atoms with Crippen molar-refractivity contribution in [3.05, 3.63) is 23.5 Å². The molecular weight excluding hydrogens is 254 g/mol. The Hall–Kier alpha value is -1.62. The van der Waals surface area contributed by atoms with Crippen molar-refractivity contribution in [3.63, 3.8) is 0 Å². The number of aryl methyl sites for hydroxylation is 1. The molecule has 2 heterocycles. The minimum atomic E-state index is -0.129. The van der Waals surface area contributed by atoms with E-state index in [0.717, 1.165) is 38.2 Å². The summed E-state index contributed by atoms with van der Waals surface area (Å²) in [4.78, 5) is 11.2. The van der Waals surface area contributed by atoms with Crippen molar-refractivity contribution in [1.82, 2.24) is 15.1 Å². The zero-order valence-corrected chi connectivity index (χ0v) is 12.1. The summed E-state index contributed by atoms with van der Waals surface area (Å²) in [6.45, 7) is 5.10. The molecule has 1 aliphatic heterocycles. The van der Waals surface area contributed by atoms with E-state index in [1.165, 1.54) is 12.0 Å². The van der Waals surface area contributed by atoms with E-state index >= 15 is 0 Å². The first-order valence-electron chi connectivity index (χ1n) is 7.37. The number of rotatable bonds is 6. The first-order chi connectivity index (χ1) is 9.78. The summed E-state index contributed by atoms with van der Waals surface area (Å²) < 4.78 is 6.79. The fourth-order valence-electron chi connectivity index (χ4n) is 2.31. The van der Waals surface area contributed by atoms with Crippen molar-refractivity contribution >= 4 is 12.0 Å². The number of esters is 1. The molecule has 0 unspecified atom stereocenters. The number of piperidine rings is 1. The van der Waals surface area contributed by atoms with Gasteiger partial charge in [-0.05, 0) is 44.9 Å². The standard InChI is InChI=1S/C15H23N3O2/c1-2-20-15(19)6-4-9-18-10-7-14(17-18)11-13-5-3-8-16-12-13/h7,10-11,16H,2-6,8-9,12H2,1H3. The SMILES string of the molecule is CCOC(=O)CCCn1ccc(C=C2CCCNC2)n1. The Morgan fingerprint density at radius 3 is 3.25 bits per heavy atom. The van der Waals surface area contributed by atoms with Crippen LogP contribution in [0.5, 0.6) is 0 Å². The third-order valence-corrected chi connectivity index (χ3v) is 3.29. The molecule has 1 aliphatic rings. The van der Waals surface area contributed by atoms with Gasteiger partial charge >= 0.3 is 5.97 Å². The van der Waals surface area contributed by atoms with Gasteiger partial charge in [0.2, 0.25) is 0 Å². The summed E-state index contributed by atoms with van der Waals surface area (Å²) in [7, 11) is 0. The summed E-state index contributed by atoms with van der Waals surface area (Å²) in [5.74, 6) is -0.129. The van der Waals surface area contributed by atoms with Crippen LogP contribution in [-0.4, -0.2) is 35.4 Å². The average Bonchev–Trinajstić information content (AvgIpc) is 2.88. The molecular formula is C15H23N3O2. The third kappa shape index (κ3) is 4.81. The van der Waals surface area contributed by atoms with Gasteiger partial charge in [0.1, 0.15) is 0 Å². The second kappa shape index (κ2) is 7.85. The van der Waals surface area contributed by atoms with Crippen LogP contribution in [0, 0.1) is 0 Å². The van der Waals surface area contributed by atoms with Crippen molar-refractivity contribution in [2.45, 2.75) is 39.2 Å². The normalized spacial score (nSPS) is 17.4. The van der Waals surface area contributed by atoms with Crippen molar-refractivity contribution in [2.24, 2.45) is 0 Å². The van der Waals surface area contributed by atoms with Gasteiger partial charge in [0, 0.05) is 25.7 Å². The largest absolute Gasteiger partial charge is 0.466 e. The molecule has 0 radical (unpaired) electrons. The molecule has 110 valence electrons. The molecule has 0 amide bonds. The fraction of sp³-hybridized carbons (Fsp3) is 0.600. The second-order valence-electron chi connectivity index (χ2n) is 5.00.